The third-order valence-corrected chi connectivity index (χ3v) is 8.70. The highest BCUT2D eigenvalue weighted by atomic mass is 35.5. The maximum atomic E-state index is 13.9. The second-order valence-electron chi connectivity index (χ2n) is 9.08. The van der Waals surface area contributed by atoms with Gasteiger partial charge in [0.05, 0.1) is 32.5 Å². The van der Waals surface area contributed by atoms with E-state index in [0.29, 0.717) is 41.2 Å². The van der Waals surface area contributed by atoms with E-state index < -0.39 is 12.0 Å². The number of carbonyl (C=O) groups is 1. The molecule has 1 aliphatic heterocycles. The Balaban J connectivity index is 1.70. The van der Waals surface area contributed by atoms with E-state index in [4.69, 9.17) is 39.5 Å². The first kappa shape index (κ1) is 27.5. The van der Waals surface area contributed by atoms with Crippen LogP contribution in [0, 0.1) is 13.8 Å². The summed E-state index contributed by atoms with van der Waals surface area (Å²) in [5.74, 6) is -0.525. The van der Waals surface area contributed by atoms with Gasteiger partial charge in [0.25, 0.3) is 5.56 Å². The number of fused-ring (bicyclic) bond motifs is 1. The summed E-state index contributed by atoms with van der Waals surface area (Å²) >= 11 is 20.2. The van der Waals surface area contributed by atoms with Gasteiger partial charge < -0.3 is 9.30 Å². The van der Waals surface area contributed by atoms with Crippen molar-refractivity contribution in [2.24, 2.45) is 4.99 Å². The van der Waals surface area contributed by atoms with Gasteiger partial charge in [0.1, 0.15) is 6.04 Å². The number of hydrogen-bond acceptors (Lipinski definition) is 5. The van der Waals surface area contributed by atoms with E-state index in [-0.39, 0.29) is 12.2 Å². The van der Waals surface area contributed by atoms with Crippen molar-refractivity contribution in [3.8, 4) is 5.69 Å². The first-order valence-corrected chi connectivity index (χ1v) is 14.2. The minimum atomic E-state index is -0.764. The van der Waals surface area contributed by atoms with Gasteiger partial charge in [0.15, 0.2) is 4.80 Å². The molecule has 0 saturated heterocycles. The van der Waals surface area contributed by atoms with Crippen LogP contribution in [-0.4, -0.2) is 21.7 Å². The fourth-order valence-corrected chi connectivity index (χ4v) is 6.45. The Hall–Kier alpha value is -3.10. The molecule has 0 amide bonds. The number of allylic oxidation sites excluding steroid dienone is 1. The van der Waals surface area contributed by atoms with Gasteiger partial charge >= 0.3 is 5.97 Å². The molecule has 10 heteroatoms. The number of rotatable bonds is 5. The molecule has 1 atom stereocenters. The molecule has 1 aliphatic rings. The van der Waals surface area contributed by atoms with Gasteiger partial charge in [-0.25, -0.2) is 9.79 Å². The van der Waals surface area contributed by atoms with Gasteiger partial charge in [-0.05, 0) is 75.2 Å². The molecule has 0 saturated carbocycles. The standard InChI is InChI=1S/C29H24Cl3N3O3S/c1-5-38-28(37)25-16(3)33-29-35(26(25)20-8-6-7-9-21(20)30)27(36)24(39-29)13-18-12-15(2)34(17(18)4)19-10-11-22(31)23(32)14-19/h6-14,26H,5H2,1-4H3/b24-13-/t26-/m1/s1. The van der Waals surface area contributed by atoms with Crippen LogP contribution in [0.2, 0.25) is 15.1 Å². The summed E-state index contributed by atoms with van der Waals surface area (Å²) in [5, 5.41) is 1.39. The van der Waals surface area contributed by atoms with Gasteiger partial charge in [-0.2, -0.15) is 0 Å². The van der Waals surface area contributed by atoms with Crippen LogP contribution in [0.15, 0.2) is 69.6 Å². The molecule has 2 aromatic carbocycles. The van der Waals surface area contributed by atoms with Crippen LogP contribution in [-0.2, 0) is 9.53 Å². The Labute approximate surface area is 244 Å². The van der Waals surface area contributed by atoms with Gasteiger partial charge in [-0.1, -0.05) is 64.3 Å². The monoisotopic (exact) mass is 599 g/mol. The zero-order valence-corrected chi connectivity index (χ0v) is 24.7. The van der Waals surface area contributed by atoms with Crippen molar-refractivity contribution in [1.29, 1.82) is 0 Å². The number of esters is 1. The number of carbonyl (C=O) groups excluding carboxylic acids is 1. The maximum absolute atomic E-state index is 13.9. The average molecular weight is 601 g/mol. The molecule has 0 bridgehead atoms. The molecule has 0 fully saturated rings. The topological polar surface area (TPSA) is 65.6 Å². The largest absolute Gasteiger partial charge is 0.463 e. The van der Waals surface area contributed by atoms with Crippen molar-refractivity contribution in [2.75, 3.05) is 6.61 Å². The van der Waals surface area contributed by atoms with E-state index in [9.17, 15) is 9.59 Å². The maximum Gasteiger partial charge on any atom is 0.338 e. The molecule has 0 unspecified atom stereocenters. The van der Waals surface area contributed by atoms with E-state index in [0.717, 1.165) is 22.6 Å². The lowest BCUT2D eigenvalue weighted by atomic mass is 9.96. The zero-order valence-electron chi connectivity index (χ0n) is 21.6. The normalized spacial score (nSPS) is 15.4. The highest BCUT2D eigenvalue weighted by molar-refractivity contribution is 7.07. The van der Waals surface area contributed by atoms with Crippen LogP contribution in [0.4, 0.5) is 0 Å². The Kier molecular flexibility index (Phi) is 7.62. The van der Waals surface area contributed by atoms with Crippen molar-refractivity contribution in [2.45, 2.75) is 33.7 Å². The van der Waals surface area contributed by atoms with Crippen molar-refractivity contribution in [3.05, 3.63) is 117 Å². The quantitative estimate of drug-likeness (QED) is 0.258. The van der Waals surface area contributed by atoms with Gasteiger partial charge in [0, 0.05) is 22.1 Å². The highest BCUT2D eigenvalue weighted by Crippen LogP contribution is 2.34. The number of halogens is 3. The fraction of sp³-hybridized carbons (Fsp3) is 0.207. The first-order chi connectivity index (χ1) is 18.6. The van der Waals surface area contributed by atoms with Crippen LogP contribution in [0.5, 0.6) is 0 Å². The Bertz CT molecular complexity index is 1850. The molecule has 5 rings (SSSR count). The van der Waals surface area contributed by atoms with Crippen LogP contribution < -0.4 is 14.9 Å². The van der Waals surface area contributed by atoms with E-state index in [1.165, 1.54) is 15.9 Å². The van der Waals surface area contributed by atoms with Gasteiger partial charge in [-0.15, -0.1) is 0 Å². The average Bonchev–Trinajstić information content (AvgIpc) is 3.34. The summed E-state index contributed by atoms with van der Waals surface area (Å²) in [7, 11) is 0. The van der Waals surface area contributed by atoms with Crippen molar-refractivity contribution in [1.82, 2.24) is 9.13 Å². The van der Waals surface area contributed by atoms with E-state index in [2.05, 4.69) is 9.56 Å². The molecule has 0 radical (unpaired) electrons. The van der Waals surface area contributed by atoms with E-state index in [1.54, 1.807) is 32.0 Å². The third kappa shape index (κ3) is 4.89. The second kappa shape index (κ2) is 10.8. The first-order valence-electron chi connectivity index (χ1n) is 12.2. The Morgan fingerprint density at radius 2 is 1.79 bits per heavy atom. The number of hydrogen-bond donors (Lipinski definition) is 0. The smallest absolute Gasteiger partial charge is 0.338 e. The third-order valence-electron chi connectivity index (χ3n) is 6.64. The minimum absolute atomic E-state index is 0.198. The van der Waals surface area contributed by atoms with Crippen molar-refractivity contribution < 1.29 is 9.53 Å². The lowest BCUT2D eigenvalue weighted by Gasteiger charge is -2.25. The molecular formula is C29H24Cl3N3O3S. The van der Waals surface area contributed by atoms with Crippen LogP contribution in [0.1, 0.15) is 42.4 Å². The summed E-state index contributed by atoms with van der Waals surface area (Å²) < 4.78 is 9.43. The predicted molar refractivity (Wildman–Crippen MR) is 157 cm³/mol. The SMILES string of the molecule is CCOC(=O)C1=C(C)N=c2s/c(=C\c3cc(C)n(-c4ccc(Cl)c(Cl)c4)c3C)c(=O)n2[C@@H]1c1ccccc1Cl. The summed E-state index contributed by atoms with van der Waals surface area (Å²) in [6, 6.07) is 13.9. The number of nitrogens with zero attached hydrogens (tertiary/aromatic N) is 3. The Morgan fingerprint density at radius 1 is 1.05 bits per heavy atom. The molecule has 4 aromatic rings. The molecule has 6 nitrogen and oxygen atoms in total. The van der Waals surface area contributed by atoms with Gasteiger partial charge in [0.2, 0.25) is 0 Å². The number of aromatic nitrogens is 2. The molecular weight excluding hydrogens is 577 g/mol. The minimum Gasteiger partial charge on any atom is -0.463 e. The number of benzene rings is 2. The molecule has 39 heavy (non-hydrogen) atoms. The lowest BCUT2D eigenvalue weighted by Crippen LogP contribution is -2.40. The predicted octanol–water partition coefficient (Wildman–Crippen LogP) is 6.17. The number of thiazole rings is 1. The van der Waals surface area contributed by atoms with Gasteiger partial charge in [-0.3, -0.25) is 9.36 Å². The fourth-order valence-electron chi connectivity index (χ4n) is 4.88. The van der Waals surface area contributed by atoms with Crippen LogP contribution in [0.25, 0.3) is 11.8 Å². The molecule has 2 aromatic heterocycles. The molecule has 200 valence electrons. The van der Waals surface area contributed by atoms with Crippen molar-refractivity contribution >= 4 is 58.2 Å². The molecule has 0 spiro atoms. The number of ether oxygens (including phenoxy) is 1. The molecule has 0 N–H and O–H groups in total. The van der Waals surface area contributed by atoms with Crippen molar-refractivity contribution in [3.63, 3.8) is 0 Å². The van der Waals surface area contributed by atoms with E-state index in [1.807, 2.05) is 50.3 Å². The summed E-state index contributed by atoms with van der Waals surface area (Å²) in [5.41, 5.74) is 4.79. The Morgan fingerprint density at radius 3 is 2.49 bits per heavy atom. The summed E-state index contributed by atoms with van der Waals surface area (Å²) in [6.45, 7) is 7.65. The van der Waals surface area contributed by atoms with E-state index >= 15 is 0 Å². The zero-order chi connectivity index (χ0) is 28.0. The summed E-state index contributed by atoms with van der Waals surface area (Å²) in [6.07, 6.45) is 1.85. The molecule has 3 heterocycles. The van der Waals surface area contributed by atoms with Crippen LogP contribution in [0.3, 0.4) is 0 Å². The summed E-state index contributed by atoms with van der Waals surface area (Å²) in [4.78, 5) is 32.1. The highest BCUT2D eigenvalue weighted by Gasteiger charge is 2.34. The molecule has 0 aliphatic carbocycles. The number of aryl methyl sites for hydroxylation is 1. The second-order valence-corrected chi connectivity index (χ2v) is 11.3. The lowest BCUT2D eigenvalue weighted by molar-refractivity contribution is -0.139. The van der Waals surface area contributed by atoms with Crippen LogP contribution >= 0.6 is 46.1 Å².